The summed E-state index contributed by atoms with van der Waals surface area (Å²) in [5, 5.41) is 9.52. The van der Waals surface area contributed by atoms with Crippen LogP contribution in [0, 0.1) is 12.8 Å². The van der Waals surface area contributed by atoms with Crippen LogP contribution in [0.25, 0.3) is 0 Å². The highest BCUT2D eigenvalue weighted by Crippen LogP contribution is 2.20. The van der Waals surface area contributed by atoms with Gasteiger partial charge in [0.2, 0.25) is 17.7 Å². The average Bonchev–Trinajstić information content (AvgIpc) is 3.11. The first-order valence-electron chi connectivity index (χ1n) is 9.33. The van der Waals surface area contributed by atoms with E-state index in [-0.39, 0.29) is 23.8 Å². The van der Waals surface area contributed by atoms with Crippen molar-refractivity contribution >= 4 is 17.7 Å². The Bertz CT molecular complexity index is 767. The lowest BCUT2D eigenvalue weighted by molar-refractivity contribution is -0.127. The van der Waals surface area contributed by atoms with E-state index in [1.807, 2.05) is 37.3 Å². The number of hydrogen-bond acceptors (Lipinski definition) is 5. The van der Waals surface area contributed by atoms with Crippen molar-refractivity contribution in [1.29, 1.82) is 0 Å². The molecule has 2 amide bonds. The van der Waals surface area contributed by atoms with Crippen LogP contribution >= 0.6 is 0 Å². The number of benzene rings is 1. The molecule has 0 radical (unpaired) electrons. The summed E-state index contributed by atoms with van der Waals surface area (Å²) < 4.78 is 5.03. The number of amides is 2. The first-order valence-corrected chi connectivity index (χ1v) is 9.33. The van der Waals surface area contributed by atoms with Gasteiger partial charge in [0, 0.05) is 18.5 Å². The molecule has 7 heteroatoms. The van der Waals surface area contributed by atoms with Gasteiger partial charge in [0.05, 0.1) is 11.7 Å². The van der Waals surface area contributed by atoms with E-state index in [2.05, 4.69) is 20.7 Å². The van der Waals surface area contributed by atoms with E-state index in [4.69, 9.17) is 4.52 Å². The number of aryl methyl sites for hydroxylation is 1. The molecule has 1 aliphatic rings. The van der Waals surface area contributed by atoms with Gasteiger partial charge in [-0.3, -0.25) is 19.8 Å². The number of carbonyl (C=O) groups is 2. The summed E-state index contributed by atoms with van der Waals surface area (Å²) in [6, 6.07) is 11.3. The van der Waals surface area contributed by atoms with Gasteiger partial charge in [0.1, 0.15) is 0 Å². The second-order valence-corrected chi connectivity index (χ2v) is 7.01. The summed E-state index contributed by atoms with van der Waals surface area (Å²) in [6.07, 6.45) is 1.50. The fourth-order valence-corrected chi connectivity index (χ4v) is 3.29. The van der Waals surface area contributed by atoms with E-state index in [1.165, 1.54) is 0 Å². The maximum Gasteiger partial charge on any atom is 0.243 e. The Balaban J connectivity index is 1.43. The van der Waals surface area contributed by atoms with Gasteiger partial charge in [-0.2, -0.15) is 0 Å². The number of hydrogen-bond donors (Lipinski definition) is 2. The molecule has 1 atom stereocenters. The minimum atomic E-state index is -0.288. The Morgan fingerprint density at radius 3 is 2.59 bits per heavy atom. The maximum absolute atomic E-state index is 12.4. The fourth-order valence-electron chi connectivity index (χ4n) is 3.29. The molecule has 0 saturated carbocycles. The average molecular weight is 370 g/mol. The zero-order valence-corrected chi connectivity index (χ0v) is 15.8. The van der Waals surface area contributed by atoms with Crippen molar-refractivity contribution in [2.45, 2.75) is 39.3 Å². The molecule has 7 nitrogen and oxygen atoms in total. The predicted octanol–water partition coefficient (Wildman–Crippen LogP) is 2.34. The molecule has 2 heterocycles. The Kier molecular flexibility index (Phi) is 6.24. The largest absolute Gasteiger partial charge is 0.352 e. The quantitative estimate of drug-likeness (QED) is 0.815. The van der Waals surface area contributed by atoms with Crippen LogP contribution in [0.5, 0.6) is 0 Å². The Morgan fingerprint density at radius 1 is 1.26 bits per heavy atom. The number of nitrogens with one attached hydrogen (secondary N) is 2. The van der Waals surface area contributed by atoms with Gasteiger partial charge in [0.15, 0.2) is 0 Å². The van der Waals surface area contributed by atoms with Crippen molar-refractivity contribution in [3.8, 4) is 0 Å². The molecule has 1 aliphatic heterocycles. The molecule has 27 heavy (non-hydrogen) atoms. The van der Waals surface area contributed by atoms with Crippen LogP contribution in [-0.4, -0.2) is 41.0 Å². The van der Waals surface area contributed by atoms with Crippen LogP contribution < -0.4 is 10.6 Å². The topological polar surface area (TPSA) is 87.5 Å². The number of anilines is 1. The smallest absolute Gasteiger partial charge is 0.243 e. The van der Waals surface area contributed by atoms with Gasteiger partial charge in [-0.1, -0.05) is 35.5 Å². The van der Waals surface area contributed by atoms with Crippen molar-refractivity contribution in [2.24, 2.45) is 5.92 Å². The zero-order chi connectivity index (χ0) is 19.2. The minimum Gasteiger partial charge on any atom is -0.352 e. The van der Waals surface area contributed by atoms with Crippen LogP contribution in [0.15, 0.2) is 40.9 Å². The van der Waals surface area contributed by atoms with Gasteiger partial charge in [-0.05, 0) is 45.3 Å². The van der Waals surface area contributed by atoms with E-state index in [9.17, 15) is 9.59 Å². The molecule has 0 bridgehead atoms. The third kappa shape index (κ3) is 5.17. The molecule has 1 saturated heterocycles. The van der Waals surface area contributed by atoms with Gasteiger partial charge < -0.3 is 9.84 Å². The molecule has 2 aromatic rings. The summed E-state index contributed by atoms with van der Waals surface area (Å²) in [5.41, 5.74) is 1.82. The number of rotatable bonds is 6. The second kappa shape index (κ2) is 8.81. The third-order valence-corrected chi connectivity index (χ3v) is 5.01. The molecule has 1 aromatic carbocycles. The molecule has 3 rings (SSSR count). The highest BCUT2D eigenvalue weighted by atomic mass is 16.5. The molecule has 0 aliphatic carbocycles. The lowest BCUT2D eigenvalue weighted by Crippen LogP contribution is -2.48. The molecule has 2 N–H and O–H groups in total. The molecule has 1 fully saturated rings. The Labute approximate surface area is 159 Å². The van der Waals surface area contributed by atoms with Gasteiger partial charge in [0.25, 0.3) is 0 Å². The van der Waals surface area contributed by atoms with Crippen molar-refractivity contribution < 1.29 is 14.1 Å². The maximum atomic E-state index is 12.4. The standard InChI is InChI=1S/C20H26N4O3/c1-14-12-18(27-23-14)22-19(25)15(2)24-10-8-17(9-11-24)20(26)21-13-16-6-4-3-5-7-16/h3-7,12,15,17H,8-11,13H2,1-2H3,(H,21,26)(H,22,25). The van der Waals surface area contributed by atoms with Crippen molar-refractivity contribution in [3.05, 3.63) is 47.7 Å². The van der Waals surface area contributed by atoms with E-state index in [0.29, 0.717) is 25.5 Å². The minimum absolute atomic E-state index is 0.00264. The fraction of sp³-hybridized carbons (Fsp3) is 0.450. The SMILES string of the molecule is Cc1cc(NC(=O)C(C)N2CCC(C(=O)NCc3ccccc3)CC2)on1. The zero-order valence-electron chi connectivity index (χ0n) is 15.8. The van der Waals surface area contributed by atoms with Crippen molar-refractivity contribution in [1.82, 2.24) is 15.4 Å². The normalized spacial score (nSPS) is 16.7. The molecule has 0 spiro atoms. The molecule has 1 aromatic heterocycles. The molecule has 144 valence electrons. The highest BCUT2D eigenvalue weighted by Gasteiger charge is 2.30. The van der Waals surface area contributed by atoms with Crippen LogP contribution in [0.4, 0.5) is 5.88 Å². The summed E-state index contributed by atoms with van der Waals surface area (Å²) in [5.74, 6) is 0.322. The van der Waals surface area contributed by atoms with Crippen molar-refractivity contribution in [3.63, 3.8) is 0 Å². The monoisotopic (exact) mass is 370 g/mol. The summed E-state index contributed by atoms with van der Waals surface area (Å²) in [6.45, 7) is 5.65. The number of nitrogens with zero attached hydrogens (tertiary/aromatic N) is 2. The third-order valence-electron chi connectivity index (χ3n) is 5.01. The van der Waals surface area contributed by atoms with Crippen LogP contribution in [0.1, 0.15) is 31.0 Å². The van der Waals surface area contributed by atoms with E-state index in [1.54, 1.807) is 13.0 Å². The molecular weight excluding hydrogens is 344 g/mol. The lowest BCUT2D eigenvalue weighted by atomic mass is 9.95. The van der Waals surface area contributed by atoms with Crippen LogP contribution in [0.3, 0.4) is 0 Å². The Morgan fingerprint density at radius 2 is 1.96 bits per heavy atom. The van der Waals surface area contributed by atoms with Crippen LogP contribution in [0.2, 0.25) is 0 Å². The summed E-state index contributed by atoms with van der Waals surface area (Å²) >= 11 is 0. The summed E-state index contributed by atoms with van der Waals surface area (Å²) in [7, 11) is 0. The van der Waals surface area contributed by atoms with Crippen molar-refractivity contribution in [2.75, 3.05) is 18.4 Å². The van der Waals surface area contributed by atoms with Gasteiger partial charge in [-0.15, -0.1) is 0 Å². The lowest BCUT2D eigenvalue weighted by Gasteiger charge is -2.34. The predicted molar refractivity (Wildman–Crippen MR) is 102 cm³/mol. The number of piperidine rings is 1. The van der Waals surface area contributed by atoms with Gasteiger partial charge in [-0.25, -0.2) is 0 Å². The number of aromatic nitrogens is 1. The number of carbonyl (C=O) groups excluding carboxylic acids is 2. The Hall–Kier alpha value is -2.67. The number of likely N-dealkylation sites (tertiary alicyclic amines) is 1. The van der Waals surface area contributed by atoms with E-state index in [0.717, 1.165) is 24.1 Å². The summed E-state index contributed by atoms with van der Waals surface area (Å²) in [4.78, 5) is 26.9. The second-order valence-electron chi connectivity index (χ2n) is 7.01. The van der Waals surface area contributed by atoms with E-state index < -0.39 is 0 Å². The highest BCUT2D eigenvalue weighted by molar-refractivity contribution is 5.93. The molecule has 1 unspecified atom stereocenters. The molecular formula is C20H26N4O3. The van der Waals surface area contributed by atoms with E-state index >= 15 is 0 Å². The van der Waals surface area contributed by atoms with Gasteiger partial charge >= 0.3 is 0 Å². The van der Waals surface area contributed by atoms with Crippen LogP contribution in [-0.2, 0) is 16.1 Å². The first kappa shape index (κ1) is 19.1. The first-order chi connectivity index (χ1) is 13.0.